The summed E-state index contributed by atoms with van der Waals surface area (Å²) in [5.74, 6) is -0.0645. The fraction of sp³-hybridized carbons (Fsp3) is 0.250. The topological polar surface area (TPSA) is 115 Å². The van der Waals surface area contributed by atoms with Gasteiger partial charge < -0.3 is 28.8 Å². The summed E-state index contributed by atoms with van der Waals surface area (Å²) in [5, 5.41) is 19.1. The molecule has 3 aromatic carbocycles. The van der Waals surface area contributed by atoms with Gasteiger partial charge in [0.15, 0.2) is 0 Å². The highest BCUT2D eigenvalue weighted by atomic mass is 16.5. The van der Waals surface area contributed by atoms with E-state index in [1.54, 1.807) is 24.3 Å². The van der Waals surface area contributed by atoms with E-state index >= 15 is 0 Å². The summed E-state index contributed by atoms with van der Waals surface area (Å²) in [4.78, 5) is 24.0. The van der Waals surface area contributed by atoms with Crippen LogP contribution in [-0.4, -0.2) is 35.4 Å². The maximum atomic E-state index is 12.0. The normalized spacial score (nSPS) is 10.7. The predicted molar refractivity (Wildman–Crippen MR) is 149 cm³/mol. The monoisotopic (exact) mass is 544 g/mol. The Morgan fingerprint density at radius 2 is 1.30 bits per heavy atom. The number of phenols is 2. The van der Waals surface area contributed by atoms with Crippen LogP contribution in [0.1, 0.15) is 59.4 Å². The smallest absolute Gasteiger partial charge is 0.379 e. The van der Waals surface area contributed by atoms with Gasteiger partial charge in [0.2, 0.25) is 5.76 Å². The number of benzene rings is 3. The third-order valence-electron chi connectivity index (χ3n) is 6.22. The minimum absolute atomic E-state index is 0.0324. The molecule has 8 nitrogen and oxygen atoms in total. The van der Waals surface area contributed by atoms with Crippen LogP contribution in [0.2, 0.25) is 0 Å². The fourth-order valence-corrected chi connectivity index (χ4v) is 4.04. The number of ether oxygens (including phenoxy) is 3. The van der Waals surface area contributed by atoms with Gasteiger partial charge in [-0.1, -0.05) is 49.9 Å². The first kappa shape index (κ1) is 28.3. The Balaban J connectivity index is 1.06. The maximum absolute atomic E-state index is 12.0. The quantitative estimate of drug-likeness (QED) is 0.0744. The SMILES string of the molecule is O=C(Oc1ccc(-c2ccc(OCCCCCCCCOC(=O)c3cc(O)ccc3O)cc2)cc1)c1ccco1. The van der Waals surface area contributed by atoms with E-state index in [0.717, 1.165) is 55.4 Å². The zero-order valence-corrected chi connectivity index (χ0v) is 22.1. The lowest BCUT2D eigenvalue weighted by Gasteiger charge is -2.09. The average Bonchev–Trinajstić information content (AvgIpc) is 3.51. The predicted octanol–water partition coefficient (Wildman–Crippen LogP) is 7.15. The standard InChI is InChI=1S/C32H32O8/c33-25-13-18-29(34)28(22-25)31(35)39-20-6-4-2-1-3-5-19-37-26-14-9-23(10-15-26)24-11-16-27(17-12-24)40-32(36)30-8-7-21-38-30/h7-18,21-22,33-34H,1-6,19-20H2. The summed E-state index contributed by atoms with van der Waals surface area (Å²) in [7, 11) is 0. The van der Waals surface area contributed by atoms with Gasteiger partial charge in [0.25, 0.3) is 0 Å². The Hall–Kier alpha value is -4.72. The third kappa shape index (κ3) is 8.39. The van der Waals surface area contributed by atoms with Crippen LogP contribution in [-0.2, 0) is 4.74 Å². The highest BCUT2D eigenvalue weighted by molar-refractivity contribution is 5.92. The molecule has 0 radical (unpaired) electrons. The van der Waals surface area contributed by atoms with E-state index in [1.807, 2.05) is 36.4 Å². The summed E-state index contributed by atoms with van der Waals surface area (Å²) < 4.78 is 21.4. The molecular formula is C32H32O8. The third-order valence-corrected chi connectivity index (χ3v) is 6.22. The zero-order valence-electron chi connectivity index (χ0n) is 22.1. The molecule has 208 valence electrons. The fourth-order valence-electron chi connectivity index (χ4n) is 4.04. The van der Waals surface area contributed by atoms with Crippen molar-refractivity contribution in [3.8, 4) is 34.1 Å². The van der Waals surface area contributed by atoms with Crippen LogP contribution in [0, 0.1) is 0 Å². The molecule has 8 heteroatoms. The van der Waals surface area contributed by atoms with Crippen LogP contribution in [0.15, 0.2) is 89.5 Å². The van der Waals surface area contributed by atoms with E-state index in [0.29, 0.717) is 12.4 Å². The molecule has 0 amide bonds. The van der Waals surface area contributed by atoms with E-state index in [2.05, 4.69) is 0 Å². The molecular weight excluding hydrogens is 512 g/mol. The van der Waals surface area contributed by atoms with Gasteiger partial charge in [0.1, 0.15) is 28.6 Å². The Morgan fingerprint density at radius 1 is 0.675 bits per heavy atom. The molecule has 0 spiro atoms. The Labute approximate surface area is 232 Å². The van der Waals surface area contributed by atoms with Crippen molar-refractivity contribution in [2.75, 3.05) is 13.2 Å². The largest absolute Gasteiger partial charge is 0.508 e. The first-order chi connectivity index (χ1) is 19.5. The molecule has 1 aromatic heterocycles. The molecule has 0 aliphatic carbocycles. The first-order valence-corrected chi connectivity index (χ1v) is 13.3. The van der Waals surface area contributed by atoms with E-state index in [4.69, 9.17) is 18.6 Å². The molecule has 40 heavy (non-hydrogen) atoms. The highest BCUT2D eigenvalue weighted by Crippen LogP contribution is 2.26. The molecule has 0 aliphatic rings. The Bertz CT molecular complexity index is 1360. The minimum atomic E-state index is -0.638. The van der Waals surface area contributed by atoms with Crippen LogP contribution in [0.3, 0.4) is 0 Å². The van der Waals surface area contributed by atoms with E-state index < -0.39 is 11.9 Å². The van der Waals surface area contributed by atoms with Crippen molar-refractivity contribution in [3.05, 3.63) is 96.4 Å². The second-order valence-electron chi connectivity index (χ2n) is 9.22. The van der Waals surface area contributed by atoms with Crippen molar-refractivity contribution < 1.29 is 38.4 Å². The van der Waals surface area contributed by atoms with Gasteiger partial charge in [-0.3, -0.25) is 0 Å². The summed E-state index contributed by atoms with van der Waals surface area (Å²) in [5.41, 5.74) is 1.99. The lowest BCUT2D eigenvalue weighted by atomic mass is 10.1. The van der Waals surface area contributed by atoms with Crippen LogP contribution in [0.25, 0.3) is 11.1 Å². The number of carbonyl (C=O) groups is 2. The molecule has 4 aromatic rings. The molecule has 0 fully saturated rings. The first-order valence-electron chi connectivity index (χ1n) is 13.3. The lowest BCUT2D eigenvalue weighted by Crippen LogP contribution is -2.06. The summed E-state index contributed by atoms with van der Waals surface area (Å²) in [6, 6.07) is 22.1. The van der Waals surface area contributed by atoms with Gasteiger partial charge in [-0.15, -0.1) is 0 Å². The van der Waals surface area contributed by atoms with Crippen molar-refractivity contribution in [3.63, 3.8) is 0 Å². The summed E-state index contributed by atoms with van der Waals surface area (Å²) in [6.07, 6.45) is 7.21. The van der Waals surface area contributed by atoms with Gasteiger partial charge in [-0.25, -0.2) is 9.59 Å². The van der Waals surface area contributed by atoms with Crippen molar-refractivity contribution in [1.29, 1.82) is 0 Å². The van der Waals surface area contributed by atoms with Crippen LogP contribution in [0.4, 0.5) is 0 Å². The summed E-state index contributed by atoms with van der Waals surface area (Å²) >= 11 is 0. The van der Waals surface area contributed by atoms with Crippen molar-refractivity contribution in [2.45, 2.75) is 38.5 Å². The maximum Gasteiger partial charge on any atom is 0.379 e. The van der Waals surface area contributed by atoms with E-state index in [9.17, 15) is 19.8 Å². The molecule has 2 N–H and O–H groups in total. The molecule has 0 aliphatic heterocycles. The number of phenolic OH excluding ortho intramolecular Hbond substituents is 2. The zero-order chi connectivity index (χ0) is 28.2. The molecule has 0 saturated heterocycles. The Kier molecular flexibility index (Phi) is 10.2. The minimum Gasteiger partial charge on any atom is -0.508 e. The van der Waals surface area contributed by atoms with Gasteiger partial charge in [-0.05, 0) is 78.6 Å². The van der Waals surface area contributed by atoms with Crippen LogP contribution in [0.5, 0.6) is 23.0 Å². The molecule has 0 bridgehead atoms. The van der Waals surface area contributed by atoms with Crippen molar-refractivity contribution >= 4 is 11.9 Å². The van der Waals surface area contributed by atoms with Gasteiger partial charge in [-0.2, -0.15) is 0 Å². The van der Waals surface area contributed by atoms with Crippen molar-refractivity contribution in [2.24, 2.45) is 0 Å². The van der Waals surface area contributed by atoms with E-state index in [-0.39, 0.29) is 29.4 Å². The number of furan rings is 1. The molecule has 0 atom stereocenters. The van der Waals surface area contributed by atoms with E-state index in [1.165, 1.54) is 24.5 Å². The number of hydrogen-bond acceptors (Lipinski definition) is 8. The number of unbranched alkanes of at least 4 members (excludes halogenated alkanes) is 5. The number of carbonyl (C=O) groups excluding carboxylic acids is 2. The van der Waals surface area contributed by atoms with Gasteiger partial charge >= 0.3 is 11.9 Å². The molecule has 0 unspecified atom stereocenters. The highest BCUT2D eigenvalue weighted by Gasteiger charge is 2.13. The van der Waals surface area contributed by atoms with Gasteiger partial charge in [0.05, 0.1) is 19.5 Å². The molecule has 1 heterocycles. The number of aromatic hydroxyl groups is 2. The lowest BCUT2D eigenvalue weighted by molar-refractivity contribution is 0.0493. The second-order valence-corrected chi connectivity index (χ2v) is 9.22. The number of hydrogen-bond donors (Lipinski definition) is 2. The molecule has 4 rings (SSSR count). The molecule has 0 saturated carbocycles. The van der Waals surface area contributed by atoms with Crippen molar-refractivity contribution in [1.82, 2.24) is 0 Å². The second kappa shape index (κ2) is 14.4. The number of rotatable bonds is 14. The average molecular weight is 545 g/mol. The van der Waals surface area contributed by atoms with Gasteiger partial charge in [0, 0.05) is 0 Å². The number of esters is 2. The van der Waals surface area contributed by atoms with Crippen LogP contribution < -0.4 is 9.47 Å². The Morgan fingerprint density at radius 3 is 1.95 bits per heavy atom. The summed E-state index contributed by atoms with van der Waals surface area (Å²) in [6.45, 7) is 0.913. The van der Waals surface area contributed by atoms with Crippen LogP contribution >= 0.6 is 0 Å².